The Bertz CT molecular complexity index is 417. The molecule has 2 bridgehead atoms. The fraction of sp³-hybridized carbons (Fsp3) is 0.583. The molecule has 3 atom stereocenters. The van der Waals surface area contributed by atoms with Gasteiger partial charge in [0.25, 0.3) is 5.91 Å². The van der Waals surface area contributed by atoms with Crippen molar-refractivity contribution in [2.45, 2.75) is 31.7 Å². The first-order valence-electron chi connectivity index (χ1n) is 5.78. The van der Waals surface area contributed by atoms with Crippen LogP contribution in [-0.4, -0.2) is 11.9 Å². The number of carbonyl (C=O) groups excluding carboxylic acids is 1. The zero-order valence-corrected chi connectivity index (χ0v) is 11.3. The van der Waals surface area contributed by atoms with E-state index in [2.05, 4.69) is 21.2 Å². The van der Waals surface area contributed by atoms with Crippen LogP contribution in [0.5, 0.6) is 0 Å². The molecule has 0 saturated heterocycles. The van der Waals surface area contributed by atoms with Crippen LogP contribution in [0.15, 0.2) is 15.9 Å². The van der Waals surface area contributed by atoms with Crippen LogP contribution < -0.4 is 5.32 Å². The summed E-state index contributed by atoms with van der Waals surface area (Å²) in [6.45, 7) is 0. The van der Waals surface area contributed by atoms with Gasteiger partial charge < -0.3 is 5.32 Å². The Kier molecular flexibility index (Phi) is 2.80. The highest BCUT2D eigenvalue weighted by Gasteiger charge is 2.40. The molecule has 1 N–H and O–H groups in total. The molecule has 86 valence electrons. The van der Waals surface area contributed by atoms with Gasteiger partial charge in [-0.15, -0.1) is 11.3 Å². The maximum Gasteiger partial charge on any atom is 0.262 e. The van der Waals surface area contributed by atoms with Crippen molar-refractivity contribution in [3.63, 3.8) is 0 Å². The van der Waals surface area contributed by atoms with Crippen molar-refractivity contribution < 1.29 is 4.79 Å². The Morgan fingerprint density at radius 1 is 1.44 bits per heavy atom. The van der Waals surface area contributed by atoms with Gasteiger partial charge >= 0.3 is 0 Å². The second-order valence-corrected chi connectivity index (χ2v) is 6.62. The minimum atomic E-state index is 0.0967. The van der Waals surface area contributed by atoms with E-state index in [0.717, 1.165) is 21.2 Å². The van der Waals surface area contributed by atoms with Gasteiger partial charge in [0, 0.05) is 10.5 Å². The molecule has 0 radical (unpaired) electrons. The molecule has 1 amide bonds. The lowest BCUT2D eigenvalue weighted by Gasteiger charge is -2.22. The molecule has 2 nitrogen and oxygen atoms in total. The van der Waals surface area contributed by atoms with Crippen LogP contribution in [0.4, 0.5) is 0 Å². The van der Waals surface area contributed by atoms with E-state index in [1.54, 1.807) is 0 Å². The van der Waals surface area contributed by atoms with Crippen LogP contribution in [0.25, 0.3) is 0 Å². The van der Waals surface area contributed by atoms with Crippen molar-refractivity contribution in [3.8, 4) is 0 Å². The van der Waals surface area contributed by atoms with Crippen molar-refractivity contribution >= 4 is 33.2 Å². The van der Waals surface area contributed by atoms with Crippen molar-refractivity contribution in [3.05, 3.63) is 20.8 Å². The number of hydrogen-bond acceptors (Lipinski definition) is 2. The predicted octanol–water partition coefficient (Wildman–Crippen LogP) is 3.43. The van der Waals surface area contributed by atoms with Gasteiger partial charge in [-0.1, -0.05) is 6.42 Å². The van der Waals surface area contributed by atoms with E-state index in [0.29, 0.717) is 6.04 Å². The van der Waals surface area contributed by atoms with Gasteiger partial charge in [0.2, 0.25) is 0 Å². The topological polar surface area (TPSA) is 29.1 Å². The van der Waals surface area contributed by atoms with Crippen LogP contribution in [0.3, 0.4) is 0 Å². The summed E-state index contributed by atoms with van der Waals surface area (Å²) >= 11 is 4.91. The Morgan fingerprint density at radius 2 is 2.31 bits per heavy atom. The van der Waals surface area contributed by atoms with E-state index in [4.69, 9.17) is 0 Å². The average Bonchev–Trinajstić information content (AvgIpc) is 2.92. The molecule has 3 unspecified atom stereocenters. The molecule has 0 aliphatic heterocycles. The SMILES string of the molecule is O=C(NC1CC2CCC1C2)c1sccc1Br. The van der Waals surface area contributed by atoms with Gasteiger partial charge in [-0.25, -0.2) is 0 Å². The fourth-order valence-electron chi connectivity index (χ4n) is 3.11. The molecule has 2 saturated carbocycles. The van der Waals surface area contributed by atoms with Crippen LogP contribution in [-0.2, 0) is 0 Å². The number of rotatable bonds is 2. The van der Waals surface area contributed by atoms with Gasteiger partial charge in [0.1, 0.15) is 4.88 Å². The quantitative estimate of drug-likeness (QED) is 0.891. The number of nitrogens with one attached hydrogen (secondary N) is 1. The van der Waals surface area contributed by atoms with Crippen LogP contribution in [0.2, 0.25) is 0 Å². The number of hydrogen-bond donors (Lipinski definition) is 1. The first-order valence-corrected chi connectivity index (χ1v) is 7.45. The first-order chi connectivity index (χ1) is 7.74. The standard InChI is InChI=1S/C12H14BrNOS/c13-9-3-4-16-11(9)12(15)14-10-6-7-1-2-8(10)5-7/h3-4,7-8,10H,1-2,5-6H2,(H,14,15). The number of thiophene rings is 1. The Morgan fingerprint density at radius 3 is 2.88 bits per heavy atom. The Balaban J connectivity index is 1.67. The maximum atomic E-state index is 12.0. The molecule has 0 spiro atoms. The summed E-state index contributed by atoms with van der Waals surface area (Å²) in [5, 5.41) is 5.14. The molecular formula is C12H14BrNOS. The summed E-state index contributed by atoms with van der Waals surface area (Å²) in [6, 6.07) is 2.36. The van der Waals surface area contributed by atoms with Crippen LogP contribution in [0.1, 0.15) is 35.4 Å². The molecule has 1 aromatic heterocycles. The van der Waals surface area contributed by atoms with E-state index in [-0.39, 0.29) is 5.91 Å². The lowest BCUT2D eigenvalue weighted by atomic mass is 9.95. The number of carbonyl (C=O) groups is 1. The molecule has 2 fully saturated rings. The molecule has 3 rings (SSSR count). The van der Waals surface area contributed by atoms with Gasteiger partial charge in [0.15, 0.2) is 0 Å². The Hall–Kier alpha value is -0.350. The predicted molar refractivity (Wildman–Crippen MR) is 68.7 cm³/mol. The lowest BCUT2D eigenvalue weighted by Crippen LogP contribution is -2.38. The third-order valence-electron chi connectivity index (χ3n) is 3.88. The summed E-state index contributed by atoms with van der Waals surface area (Å²) in [5.41, 5.74) is 0. The van der Waals surface area contributed by atoms with E-state index in [9.17, 15) is 4.79 Å². The molecule has 2 aliphatic carbocycles. The summed E-state index contributed by atoms with van der Waals surface area (Å²) in [4.78, 5) is 12.8. The highest BCUT2D eigenvalue weighted by atomic mass is 79.9. The summed E-state index contributed by atoms with van der Waals surface area (Å²) in [7, 11) is 0. The normalized spacial score (nSPS) is 31.9. The second kappa shape index (κ2) is 4.15. The highest BCUT2D eigenvalue weighted by Crippen LogP contribution is 2.44. The van der Waals surface area contributed by atoms with Crippen molar-refractivity contribution in [2.75, 3.05) is 0 Å². The van der Waals surface area contributed by atoms with Crippen molar-refractivity contribution in [1.82, 2.24) is 5.32 Å². The monoisotopic (exact) mass is 299 g/mol. The number of fused-ring (bicyclic) bond motifs is 2. The maximum absolute atomic E-state index is 12.0. The third kappa shape index (κ3) is 1.82. The van der Waals surface area contributed by atoms with E-state index in [1.807, 2.05) is 11.4 Å². The minimum absolute atomic E-state index is 0.0967. The zero-order chi connectivity index (χ0) is 11.1. The molecule has 16 heavy (non-hydrogen) atoms. The molecule has 4 heteroatoms. The summed E-state index contributed by atoms with van der Waals surface area (Å²) in [6.07, 6.45) is 5.21. The number of amides is 1. The number of halogens is 1. The average molecular weight is 300 g/mol. The third-order valence-corrected chi connectivity index (χ3v) is 5.71. The largest absolute Gasteiger partial charge is 0.348 e. The lowest BCUT2D eigenvalue weighted by molar-refractivity contribution is 0.0926. The van der Waals surface area contributed by atoms with E-state index < -0.39 is 0 Å². The van der Waals surface area contributed by atoms with E-state index >= 15 is 0 Å². The molecule has 2 aliphatic rings. The second-order valence-electron chi connectivity index (χ2n) is 4.85. The van der Waals surface area contributed by atoms with Crippen LogP contribution >= 0.6 is 27.3 Å². The highest BCUT2D eigenvalue weighted by molar-refractivity contribution is 9.10. The zero-order valence-electron chi connectivity index (χ0n) is 8.91. The van der Waals surface area contributed by atoms with Gasteiger partial charge in [-0.2, -0.15) is 0 Å². The molecular weight excluding hydrogens is 286 g/mol. The van der Waals surface area contributed by atoms with Gasteiger partial charge in [-0.05, 0) is 58.5 Å². The first kappa shape index (κ1) is 10.8. The summed E-state index contributed by atoms with van der Waals surface area (Å²) in [5.74, 6) is 1.72. The van der Waals surface area contributed by atoms with E-state index in [1.165, 1.54) is 37.0 Å². The molecule has 0 aromatic carbocycles. The van der Waals surface area contributed by atoms with Gasteiger partial charge in [-0.3, -0.25) is 4.79 Å². The van der Waals surface area contributed by atoms with Crippen molar-refractivity contribution in [1.29, 1.82) is 0 Å². The van der Waals surface area contributed by atoms with Crippen LogP contribution in [0, 0.1) is 11.8 Å². The fourth-order valence-corrected chi connectivity index (χ4v) is 4.57. The molecule has 1 aromatic rings. The van der Waals surface area contributed by atoms with Crippen molar-refractivity contribution in [2.24, 2.45) is 11.8 Å². The molecule has 1 heterocycles. The minimum Gasteiger partial charge on any atom is -0.348 e. The Labute approximate surface area is 108 Å². The van der Waals surface area contributed by atoms with Gasteiger partial charge in [0.05, 0.1) is 0 Å². The smallest absolute Gasteiger partial charge is 0.262 e. The summed E-state index contributed by atoms with van der Waals surface area (Å²) < 4.78 is 0.915.